The van der Waals surface area contributed by atoms with E-state index in [0.717, 1.165) is 25.7 Å². The van der Waals surface area contributed by atoms with E-state index in [2.05, 4.69) is 22.5 Å². The molecule has 2 aromatic rings. The highest BCUT2D eigenvalue weighted by atomic mass is 35.5. The van der Waals surface area contributed by atoms with Crippen LogP contribution in [0.25, 0.3) is 5.69 Å². The Morgan fingerprint density at radius 3 is 2.36 bits per heavy atom. The number of aromatic nitrogens is 2. The number of carbonyl (C=O) groups excluding carboxylic acids is 1. The monoisotopic (exact) mass is 592 g/mol. The first-order chi connectivity index (χ1) is 18.3. The molecule has 1 heterocycles. The lowest BCUT2D eigenvalue weighted by Gasteiger charge is -2.26. The van der Waals surface area contributed by atoms with Gasteiger partial charge in [0.05, 0.1) is 12.8 Å². The number of alkyl halides is 3. The number of methoxy groups -OCH3 is 1. The fourth-order valence-electron chi connectivity index (χ4n) is 4.47. The Labute approximate surface area is 235 Å². The van der Waals surface area contributed by atoms with Gasteiger partial charge in [-0.1, -0.05) is 45.2 Å². The van der Waals surface area contributed by atoms with Crippen molar-refractivity contribution in [1.29, 1.82) is 0 Å². The predicted molar refractivity (Wildman–Crippen MR) is 145 cm³/mol. The molecule has 1 saturated carbocycles. The second kappa shape index (κ2) is 14.7. The molecule has 1 aliphatic rings. The van der Waals surface area contributed by atoms with E-state index in [1.807, 2.05) is 13.8 Å². The van der Waals surface area contributed by atoms with Crippen molar-refractivity contribution < 1.29 is 31.1 Å². The van der Waals surface area contributed by atoms with Crippen LogP contribution in [0.5, 0.6) is 5.75 Å². The van der Waals surface area contributed by atoms with E-state index in [1.165, 1.54) is 32.1 Å². The van der Waals surface area contributed by atoms with Crippen molar-refractivity contribution in [2.75, 3.05) is 19.0 Å². The van der Waals surface area contributed by atoms with Gasteiger partial charge in [-0.2, -0.15) is 21.6 Å². The highest BCUT2D eigenvalue weighted by Gasteiger charge is 2.36. The molecule has 1 amide bonds. The first-order valence-electron chi connectivity index (χ1n) is 12.8. The molecule has 13 heteroatoms. The van der Waals surface area contributed by atoms with Gasteiger partial charge in [-0.3, -0.25) is 9.36 Å². The van der Waals surface area contributed by atoms with Crippen LogP contribution in [0.15, 0.2) is 18.2 Å². The number of benzene rings is 1. The number of ether oxygens (including phenoxy) is 1. The average Bonchev–Trinajstić information content (AvgIpc) is 3.18. The van der Waals surface area contributed by atoms with Crippen LogP contribution in [0, 0.1) is 17.8 Å². The molecule has 1 aromatic heterocycles. The zero-order valence-corrected chi connectivity index (χ0v) is 24.3. The Morgan fingerprint density at radius 2 is 1.82 bits per heavy atom. The molecule has 218 valence electrons. The molecule has 2 N–H and O–H groups in total. The SMILES string of the molecule is COc1cc(N[C@H](C)C(F)(F)F)ccc1-n1c(CC(C)C)nc(C(=O)NCC2CCC(C)CC2)c1Cl.O=S=O. The van der Waals surface area contributed by atoms with Crippen LogP contribution in [-0.4, -0.2) is 49.7 Å². The van der Waals surface area contributed by atoms with Gasteiger partial charge in [0.15, 0.2) is 5.69 Å². The van der Waals surface area contributed by atoms with Gasteiger partial charge in [0, 0.05) is 24.7 Å². The first-order valence-corrected chi connectivity index (χ1v) is 13.8. The lowest BCUT2D eigenvalue weighted by molar-refractivity contribution is -0.138. The minimum Gasteiger partial charge on any atom is -0.494 e. The Bertz CT molecular complexity index is 1140. The van der Waals surface area contributed by atoms with Gasteiger partial charge in [0.1, 0.15) is 22.8 Å². The van der Waals surface area contributed by atoms with Crippen LogP contribution in [0.3, 0.4) is 0 Å². The predicted octanol–water partition coefficient (Wildman–Crippen LogP) is 5.98. The number of amides is 1. The number of anilines is 1. The summed E-state index contributed by atoms with van der Waals surface area (Å²) in [5.41, 5.74) is 0.879. The summed E-state index contributed by atoms with van der Waals surface area (Å²) in [6.45, 7) is 7.94. The molecule has 0 spiro atoms. The standard InChI is InChI=1S/C26H36ClF3N4O2.O2S/c1-15(2)12-22-33-23(25(35)31-14-18-8-6-16(3)7-9-18)24(27)34(22)20-11-10-19(13-21(20)36-5)32-17(4)26(28,29)30;1-3-2/h10-11,13,15-18,32H,6-9,12,14H2,1-5H3,(H,31,35);/t16?,17-,18?;/m1./s1. The molecule has 0 bridgehead atoms. The van der Waals surface area contributed by atoms with Gasteiger partial charge < -0.3 is 15.4 Å². The highest BCUT2D eigenvalue weighted by Crippen LogP contribution is 2.34. The summed E-state index contributed by atoms with van der Waals surface area (Å²) in [7, 11) is 1.43. The lowest BCUT2D eigenvalue weighted by atomic mass is 9.83. The minimum absolute atomic E-state index is 0.131. The Hall–Kier alpha value is -2.60. The topological polar surface area (TPSA) is 102 Å². The fraction of sp³-hybridized carbons (Fsp3) is 0.615. The summed E-state index contributed by atoms with van der Waals surface area (Å²) in [5, 5.41) is 5.58. The molecular formula is C26H36ClF3N4O4S. The van der Waals surface area contributed by atoms with Crippen molar-refractivity contribution in [3.63, 3.8) is 0 Å². The van der Waals surface area contributed by atoms with Crippen molar-refractivity contribution in [2.24, 2.45) is 17.8 Å². The maximum atomic E-state index is 13.1. The molecule has 8 nitrogen and oxygen atoms in total. The van der Waals surface area contributed by atoms with Gasteiger partial charge in [-0.15, -0.1) is 0 Å². The van der Waals surface area contributed by atoms with Crippen LogP contribution in [0.1, 0.15) is 69.7 Å². The van der Waals surface area contributed by atoms with Crippen molar-refractivity contribution in [1.82, 2.24) is 14.9 Å². The van der Waals surface area contributed by atoms with E-state index in [4.69, 9.17) is 24.8 Å². The molecule has 1 aliphatic carbocycles. The number of halogens is 4. The average molecular weight is 593 g/mol. The molecule has 0 saturated heterocycles. The number of nitrogens with zero attached hydrogens (tertiary/aromatic N) is 2. The molecule has 0 unspecified atom stereocenters. The van der Waals surface area contributed by atoms with Crippen molar-refractivity contribution in [3.8, 4) is 11.4 Å². The van der Waals surface area contributed by atoms with E-state index in [0.29, 0.717) is 36.1 Å². The summed E-state index contributed by atoms with van der Waals surface area (Å²) >= 11 is 5.97. The lowest BCUT2D eigenvalue weighted by Crippen LogP contribution is -2.33. The van der Waals surface area contributed by atoms with Crippen LogP contribution in [0.2, 0.25) is 5.15 Å². The zero-order chi connectivity index (χ0) is 29.3. The van der Waals surface area contributed by atoms with E-state index in [1.54, 1.807) is 10.6 Å². The van der Waals surface area contributed by atoms with Crippen molar-refractivity contribution in [2.45, 2.75) is 72.0 Å². The molecule has 1 fully saturated rings. The third kappa shape index (κ3) is 9.23. The van der Waals surface area contributed by atoms with Gasteiger partial charge in [0.25, 0.3) is 5.91 Å². The number of hydrogen-bond acceptors (Lipinski definition) is 6. The number of rotatable bonds is 9. The van der Waals surface area contributed by atoms with Gasteiger partial charge in [-0.05, 0) is 49.7 Å². The largest absolute Gasteiger partial charge is 0.494 e. The second-order valence-corrected chi connectivity index (χ2v) is 10.8. The maximum absolute atomic E-state index is 13.1. The van der Waals surface area contributed by atoms with Crippen LogP contribution >= 0.6 is 11.6 Å². The second-order valence-electron chi connectivity index (χ2n) is 10.3. The maximum Gasteiger partial charge on any atom is 0.408 e. The van der Waals surface area contributed by atoms with Gasteiger partial charge >= 0.3 is 17.7 Å². The molecule has 0 aliphatic heterocycles. The third-order valence-electron chi connectivity index (χ3n) is 6.68. The molecule has 1 atom stereocenters. The molecular weight excluding hydrogens is 557 g/mol. The molecule has 3 rings (SSSR count). The Morgan fingerprint density at radius 1 is 1.21 bits per heavy atom. The Balaban J connectivity index is 0.00000170. The summed E-state index contributed by atoms with van der Waals surface area (Å²) in [5.74, 6) is 1.95. The Kier molecular flexibility index (Phi) is 12.3. The fourth-order valence-corrected chi connectivity index (χ4v) is 4.79. The number of nitrogens with one attached hydrogen (secondary N) is 2. The smallest absolute Gasteiger partial charge is 0.408 e. The molecule has 1 aromatic carbocycles. The quantitative estimate of drug-likeness (QED) is 0.371. The molecule has 39 heavy (non-hydrogen) atoms. The van der Waals surface area contributed by atoms with E-state index in [9.17, 15) is 18.0 Å². The number of carbonyl (C=O) groups is 1. The summed E-state index contributed by atoms with van der Waals surface area (Å²) in [6, 6.07) is 2.90. The van der Waals surface area contributed by atoms with Crippen molar-refractivity contribution in [3.05, 3.63) is 34.9 Å². The van der Waals surface area contributed by atoms with Crippen molar-refractivity contribution >= 4 is 34.8 Å². The van der Waals surface area contributed by atoms with Gasteiger partial charge in [0.2, 0.25) is 0 Å². The molecule has 0 radical (unpaired) electrons. The minimum atomic E-state index is -4.39. The summed E-state index contributed by atoms with van der Waals surface area (Å²) in [4.78, 5) is 17.6. The summed E-state index contributed by atoms with van der Waals surface area (Å²) in [6.07, 6.45) is 0.672. The first kappa shape index (κ1) is 32.6. The van der Waals surface area contributed by atoms with E-state index < -0.39 is 23.8 Å². The number of hydrogen-bond donors (Lipinski definition) is 2. The van der Waals surface area contributed by atoms with Crippen LogP contribution < -0.4 is 15.4 Å². The van der Waals surface area contributed by atoms with E-state index >= 15 is 0 Å². The van der Waals surface area contributed by atoms with Crippen LogP contribution in [0.4, 0.5) is 18.9 Å². The highest BCUT2D eigenvalue weighted by molar-refractivity contribution is 7.51. The van der Waals surface area contributed by atoms with Gasteiger partial charge in [-0.25, -0.2) is 4.98 Å². The normalized spacial score (nSPS) is 18.1. The third-order valence-corrected chi connectivity index (χ3v) is 7.03. The van der Waals surface area contributed by atoms with Crippen LogP contribution in [-0.2, 0) is 18.0 Å². The summed E-state index contributed by atoms with van der Waals surface area (Å²) < 4.78 is 62.7. The number of imidazole rings is 1. The zero-order valence-electron chi connectivity index (χ0n) is 22.7. The van der Waals surface area contributed by atoms with E-state index in [-0.39, 0.29) is 28.4 Å².